The third-order valence-corrected chi connectivity index (χ3v) is 6.73. The summed E-state index contributed by atoms with van der Waals surface area (Å²) in [5.41, 5.74) is 1.74. The number of piperidine rings is 1. The zero-order valence-corrected chi connectivity index (χ0v) is 19.3. The van der Waals surface area contributed by atoms with Crippen molar-refractivity contribution in [1.29, 1.82) is 0 Å². The van der Waals surface area contributed by atoms with E-state index in [-0.39, 0.29) is 24.6 Å². The summed E-state index contributed by atoms with van der Waals surface area (Å²) in [7, 11) is 0. The smallest absolute Gasteiger partial charge is 0.272 e. The molecule has 2 saturated heterocycles. The Morgan fingerprint density at radius 3 is 2.69 bits per heavy atom. The van der Waals surface area contributed by atoms with Gasteiger partial charge in [0.15, 0.2) is 0 Å². The summed E-state index contributed by atoms with van der Waals surface area (Å²) < 4.78 is 19.2. The highest BCUT2D eigenvalue weighted by molar-refractivity contribution is 6.42. The summed E-state index contributed by atoms with van der Waals surface area (Å²) in [5.74, 6) is 0.404. The summed E-state index contributed by atoms with van der Waals surface area (Å²) in [5, 5.41) is 7.48. The van der Waals surface area contributed by atoms with Gasteiger partial charge < -0.3 is 20.3 Å². The van der Waals surface area contributed by atoms with Crippen LogP contribution in [0.3, 0.4) is 0 Å². The number of nitrogens with zero attached hydrogens (tertiary/aromatic N) is 3. The number of benzene rings is 1. The third kappa shape index (κ3) is 5.31. The molecule has 32 heavy (non-hydrogen) atoms. The van der Waals surface area contributed by atoms with Crippen LogP contribution in [0.25, 0.3) is 0 Å². The largest absolute Gasteiger partial charge is 0.378 e. The average Bonchev–Trinajstić information content (AvgIpc) is 2.79. The van der Waals surface area contributed by atoms with E-state index in [1.54, 1.807) is 23.1 Å². The Hall–Kier alpha value is -2.00. The molecule has 2 fully saturated rings. The van der Waals surface area contributed by atoms with Crippen LogP contribution in [0, 0.1) is 6.92 Å². The Morgan fingerprint density at radius 2 is 1.97 bits per heavy atom. The van der Waals surface area contributed by atoms with Crippen molar-refractivity contribution in [2.45, 2.75) is 44.4 Å². The summed E-state index contributed by atoms with van der Waals surface area (Å²) >= 11 is 12.1. The van der Waals surface area contributed by atoms with E-state index in [0.29, 0.717) is 58.9 Å². The number of likely N-dealkylation sites (tertiary alicyclic amines) is 1. The molecule has 0 radical (unpaired) electrons. The van der Waals surface area contributed by atoms with Crippen LogP contribution in [-0.4, -0.2) is 65.3 Å². The molecule has 0 bridgehead atoms. The summed E-state index contributed by atoms with van der Waals surface area (Å²) in [6.07, 6.45) is 2.62. The van der Waals surface area contributed by atoms with Gasteiger partial charge in [0.1, 0.15) is 24.0 Å². The van der Waals surface area contributed by atoms with Crippen molar-refractivity contribution < 1.29 is 13.9 Å². The maximum atomic E-state index is 14.0. The van der Waals surface area contributed by atoms with Crippen molar-refractivity contribution >= 4 is 40.6 Å². The molecule has 172 valence electrons. The van der Waals surface area contributed by atoms with E-state index in [2.05, 4.69) is 20.6 Å². The van der Waals surface area contributed by atoms with Crippen LogP contribution in [0.4, 0.5) is 15.9 Å². The monoisotopic (exact) mass is 481 g/mol. The lowest BCUT2D eigenvalue weighted by atomic mass is 10.00. The molecule has 10 heteroatoms. The first-order chi connectivity index (χ1) is 15.4. The van der Waals surface area contributed by atoms with Crippen LogP contribution in [-0.2, 0) is 4.74 Å². The number of rotatable bonds is 5. The molecule has 3 heterocycles. The van der Waals surface area contributed by atoms with Crippen LogP contribution in [0.15, 0.2) is 24.5 Å². The Bertz CT molecular complexity index is 971. The van der Waals surface area contributed by atoms with E-state index in [9.17, 15) is 9.18 Å². The van der Waals surface area contributed by atoms with Crippen LogP contribution >= 0.6 is 23.2 Å². The molecule has 1 amide bonds. The number of amides is 1. The number of carbonyl (C=O) groups is 1. The normalized spacial score (nSPS) is 22.1. The third-order valence-electron chi connectivity index (χ3n) is 5.99. The predicted molar refractivity (Wildman–Crippen MR) is 123 cm³/mol. The number of hydrogen-bond donors (Lipinski definition) is 2. The Kier molecular flexibility index (Phi) is 7.45. The second kappa shape index (κ2) is 10.3. The first kappa shape index (κ1) is 23.2. The van der Waals surface area contributed by atoms with Crippen LogP contribution in [0.5, 0.6) is 0 Å². The molecule has 2 aliphatic rings. The molecule has 4 rings (SSSR count). The lowest BCUT2D eigenvalue weighted by Gasteiger charge is -2.36. The average molecular weight is 482 g/mol. The van der Waals surface area contributed by atoms with E-state index in [4.69, 9.17) is 27.9 Å². The predicted octanol–water partition coefficient (Wildman–Crippen LogP) is 4.16. The zero-order valence-electron chi connectivity index (χ0n) is 17.8. The Balaban J connectivity index is 1.38. The minimum absolute atomic E-state index is 0.130. The molecule has 2 N–H and O–H groups in total. The van der Waals surface area contributed by atoms with E-state index in [1.807, 2.05) is 6.92 Å². The maximum absolute atomic E-state index is 14.0. The number of anilines is 2. The minimum atomic E-state index is -0.978. The molecule has 1 aromatic carbocycles. The Labute approximate surface area is 196 Å². The van der Waals surface area contributed by atoms with Gasteiger partial charge in [-0.25, -0.2) is 14.4 Å². The van der Waals surface area contributed by atoms with Gasteiger partial charge in [0.2, 0.25) is 0 Å². The molecular weight excluding hydrogens is 456 g/mol. The highest BCUT2D eigenvalue weighted by Crippen LogP contribution is 2.28. The molecule has 2 aromatic rings. The molecule has 0 unspecified atom stereocenters. The number of ether oxygens (including phenoxy) is 1. The van der Waals surface area contributed by atoms with Crippen molar-refractivity contribution in [3.8, 4) is 0 Å². The van der Waals surface area contributed by atoms with Gasteiger partial charge in [-0.05, 0) is 44.4 Å². The molecule has 0 aliphatic carbocycles. The molecule has 0 spiro atoms. The highest BCUT2D eigenvalue weighted by Gasteiger charge is 2.31. The second-order valence-electron chi connectivity index (χ2n) is 8.17. The maximum Gasteiger partial charge on any atom is 0.272 e. The van der Waals surface area contributed by atoms with Crippen molar-refractivity contribution in [2.24, 2.45) is 0 Å². The van der Waals surface area contributed by atoms with Gasteiger partial charge in [-0.3, -0.25) is 4.79 Å². The first-order valence-corrected chi connectivity index (χ1v) is 11.5. The zero-order chi connectivity index (χ0) is 22.7. The number of nitrogens with one attached hydrogen (secondary N) is 2. The van der Waals surface area contributed by atoms with Crippen molar-refractivity contribution in [3.05, 3.63) is 45.8 Å². The van der Waals surface area contributed by atoms with Gasteiger partial charge in [0, 0.05) is 43.0 Å². The fraction of sp³-hybridized carbons (Fsp3) is 0.500. The number of hydrogen-bond acceptors (Lipinski definition) is 6. The lowest BCUT2D eigenvalue weighted by molar-refractivity contribution is 0.00840. The van der Waals surface area contributed by atoms with E-state index in [1.165, 1.54) is 6.33 Å². The minimum Gasteiger partial charge on any atom is -0.378 e. The van der Waals surface area contributed by atoms with Gasteiger partial charge in [-0.1, -0.05) is 23.2 Å². The summed E-state index contributed by atoms with van der Waals surface area (Å²) in [6.45, 7) is 3.74. The fourth-order valence-electron chi connectivity index (χ4n) is 4.10. The molecule has 7 nitrogen and oxygen atoms in total. The molecule has 2 atom stereocenters. The summed E-state index contributed by atoms with van der Waals surface area (Å²) in [6, 6.07) is 5.20. The van der Waals surface area contributed by atoms with Crippen molar-refractivity contribution in [1.82, 2.24) is 20.2 Å². The molecular formula is C22H26Cl2FN5O2. The number of halogens is 3. The molecule has 2 aliphatic heterocycles. The van der Waals surface area contributed by atoms with Crippen molar-refractivity contribution in [3.63, 3.8) is 0 Å². The van der Waals surface area contributed by atoms with Crippen LogP contribution in [0.2, 0.25) is 10.0 Å². The quantitative estimate of drug-likeness (QED) is 0.667. The van der Waals surface area contributed by atoms with Gasteiger partial charge >= 0.3 is 0 Å². The first-order valence-electron chi connectivity index (χ1n) is 10.7. The Morgan fingerprint density at radius 1 is 1.19 bits per heavy atom. The van der Waals surface area contributed by atoms with Gasteiger partial charge in [0.05, 0.1) is 16.7 Å². The van der Waals surface area contributed by atoms with Crippen molar-refractivity contribution in [2.75, 3.05) is 31.6 Å². The highest BCUT2D eigenvalue weighted by atomic mass is 35.5. The molecule has 1 aromatic heterocycles. The van der Waals surface area contributed by atoms with E-state index in [0.717, 1.165) is 12.8 Å². The van der Waals surface area contributed by atoms with E-state index < -0.39 is 6.17 Å². The van der Waals surface area contributed by atoms with Gasteiger partial charge in [-0.2, -0.15) is 0 Å². The second-order valence-corrected chi connectivity index (χ2v) is 8.98. The van der Waals surface area contributed by atoms with Crippen LogP contribution < -0.4 is 10.6 Å². The van der Waals surface area contributed by atoms with Crippen LogP contribution in [0.1, 0.15) is 35.3 Å². The van der Waals surface area contributed by atoms with Gasteiger partial charge in [0.25, 0.3) is 5.91 Å². The number of alkyl halides is 1. The lowest BCUT2D eigenvalue weighted by Crippen LogP contribution is -2.52. The fourth-order valence-corrected chi connectivity index (χ4v) is 4.39. The molecule has 0 saturated carbocycles. The SMILES string of the molecule is Cc1c(Nc2ccc(Cl)c(Cl)c2)ncnc1C(=O)N1CCC(N[C@H]2CCOC[C@H]2F)CC1. The number of carbonyl (C=O) groups excluding carboxylic acids is 1. The van der Waals surface area contributed by atoms with Gasteiger partial charge in [-0.15, -0.1) is 0 Å². The van der Waals surface area contributed by atoms with E-state index >= 15 is 0 Å². The number of aromatic nitrogens is 2. The topological polar surface area (TPSA) is 79.4 Å². The standard InChI is InChI=1S/C22H26Cl2FN5O2/c1-13-20(26-12-27-21(13)29-15-2-3-16(23)17(24)10-15)22(31)30-7-4-14(5-8-30)28-19-6-9-32-11-18(19)25/h2-3,10,12,14,18-19,28H,4-9,11H2,1H3,(H,26,27,29)/t18-,19+/m1/s1. The summed E-state index contributed by atoms with van der Waals surface area (Å²) in [4.78, 5) is 23.5.